The lowest BCUT2D eigenvalue weighted by Crippen LogP contribution is -2.37. The summed E-state index contributed by atoms with van der Waals surface area (Å²) < 4.78 is 34.4. The minimum Gasteiger partial charge on any atom is -0.756 e. The zero-order chi connectivity index (χ0) is 69.7. The number of ether oxygens (including phenoxy) is 2. The van der Waals surface area contributed by atoms with Gasteiger partial charge in [-0.3, -0.25) is 14.2 Å². The predicted molar refractivity (Wildman–Crippen MR) is 415 cm³/mol. The molecule has 0 heterocycles. The van der Waals surface area contributed by atoms with Gasteiger partial charge in [0.2, 0.25) is 0 Å². The third-order valence-corrected chi connectivity index (χ3v) is 16.9. The van der Waals surface area contributed by atoms with E-state index in [4.69, 9.17) is 18.5 Å². The number of likely N-dealkylation sites (N-methyl/N-ethyl adjacent to an activating group) is 1. The average Bonchev–Trinajstić information content (AvgIpc) is 2.72. The molecule has 0 amide bonds. The van der Waals surface area contributed by atoms with Gasteiger partial charge in [0.1, 0.15) is 19.8 Å². The molecule has 96 heavy (non-hydrogen) atoms. The number of quaternary nitrogens is 1. The number of esters is 2. The molecule has 0 aromatic rings. The molecule has 0 aliphatic heterocycles. The van der Waals surface area contributed by atoms with Crippen molar-refractivity contribution in [3.63, 3.8) is 0 Å². The quantitative estimate of drug-likeness (QED) is 0.0195. The molecular formula is C86H142NO8P. The number of carbonyl (C=O) groups excluding carboxylic acids is 2. The van der Waals surface area contributed by atoms with E-state index in [2.05, 4.69) is 196 Å². The number of phosphoric ester groups is 1. The molecule has 0 radical (unpaired) electrons. The molecule has 0 aromatic heterocycles. The second-order valence-corrected chi connectivity index (χ2v) is 27.7. The van der Waals surface area contributed by atoms with E-state index in [0.717, 1.165) is 148 Å². The third-order valence-electron chi connectivity index (χ3n) is 15.9. The molecule has 2 atom stereocenters. The Morgan fingerprint density at radius 2 is 0.562 bits per heavy atom. The minimum atomic E-state index is -4.66. The van der Waals surface area contributed by atoms with Gasteiger partial charge in [-0.05, 0) is 135 Å². The first-order valence-corrected chi connectivity index (χ1v) is 40.0. The molecule has 0 spiro atoms. The van der Waals surface area contributed by atoms with Gasteiger partial charge in [-0.2, -0.15) is 0 Å². The van der Waals surface area contributed by atoms with Gasteiger partial charge in [-0.15, -0.1) is 0 Å². The highest BCUT2D eigenvalue weighted by Crippen LogP contribution is 2.38. The van der Waals surface area contributed by atoms with Gasteiger partial charge >= 0.3 is 11.9 Å². The Balaban J connectivity index is 4.06. The van der Waals surface area contributed by atoms with Crippen molar-refractivity contribution in [2.45, 2.75) is 302 Å². The van der Waals surface area contributed by atoms with Crippen molar-refractivity contribution in [3.05, 3.63) is 182 Å². The second-order valence-electron chi connectivity index (χ2n) is 26.3. The highest BCUT2D eigenvalue weighted by molar-refractivity contribution is 7.45. The topological polar surface area (TPSA) is 111 Å². The van der Waals surface area contributed by atoms with Crippen molar-refractivity contribution in [1.82, 2.24) is 0 Å². The summed E-state index contributed by atoms with van der Waals surface area (Å²) in [6, 6.07) is 0. The number of hydrogen-bond donors (Lipinski definition) is 0. The minimum absolute atomic E-state index is 0.0389. The molecule has 544 valence electrons. The number of rotatable bonds is 69. The van der Waals surface area contributed by atoms with Crippen molar-refractivity contribution < 1.29 is 42.1 Å². The van der Waals surface area contributed by atoms with Gasteiger partial charge in [0.05, 0.1) is 27.7 Å². The number of phosphoric acid groups is 1. The highest BCUT2D eigenvalue weighted by Gasteiger charge is 2.22. The van der Waals surface area contributed by atoms with Crippen LogP contribution in [0.5, 0.6) is 0 Å². The lowest BCUT2D eigenvalue weighted by Gasteiger charge is -2.28. The highest BCUT2D eigenvalue weighted by atomic mass is 31.2. The summed E-state index contributed by atoms with van der Waals surface area (Å²) in [5.74, 6) is -0.841. The van der Waals surface area contributed by atoms with Gasteiger partial charge < -0.3 is 27.9 Å². The Morgan fingerprint density at radius 3 is 0.833 bits per heavy atom. The first kappa shape index (κ1) is 91.1. The fraction of sp³-hybridized carbons (Fsp3) is 0.628. The van der Waals surface area contributed by atoms with E-state index >= 15 is 0 Å². The average molecular weight is 1350 g/mol. The number of unbranched alkanes of at least 4 members (excludes halogenated alkanes) is 25. The Kier molecular flexibility index (Phi) is 70.5. The fourth-order valence-electron chi connectivity index (χ4n) is 10.1. The zero-order valence-corrected chi connectivity index (χ0v) is 62.9. The Labute approximate surface area is 591 Å². The predicted octanol–water partition coefficient (Wildman–Crippen LogP) is 25.2. The van der Waals surface area contributed by atoms with Crippen molar-refractivity contribution >= 4 is 19.8 Å². The number of allylic oxidation sites excluding steroid dienone is 30. The summed E-state index contributed by atoms with van der Waals surface area (Å²) in [5.41, 5.74) is 0. The van der Waals surface area contributed by atoms with Crippen molar-refractivity contribution in [3.8, 4) is 0 Å². The molecule has 9 nitrogen and oxygen atoms in total. The first-order chi connectivity index (χ1) is 47.0. The largest absolute Gasteiger partial charge is 0.756 e. The molecule has 0 aliphatic rings. The van der Waals surface area contributed by atoms with Gasteiger partial charge in [0.15, 0.2) is 6.10 Å². The normalized spacial score (nSPS) is 14.1. The molecule has 0 rings (SSSR count). The van der Waals surface area contributed by atoms with E-state index in [-0.39, 0.29) is 32.0 Å². The molecule has 0 bridgehead atoms. The Bertz CT molecular complexity index is 2280. The molecule has 0 aliphatic carbocycles. The van der Waals surface area contributed by atoms with E-state index in [1.165, 1.54) is 116 Å². The Hall–Kier alpha value is -4.89. The van der Waals surface area contributed by atoms with E-state index in [9.17, 15) is 19.0 Å². The molecule has 0 aromatic carbocycles. The van der Waals surface area contributed by atoms with Crippen LogP contribution in [0, 0.1) is 0 Å². The molecule has 10 heteroatoms. The van der Waals surface area contributed by atoms with Crippen LogP contribution in [0.25, 0.3) is 0 Å². The molecule has 0 saturated carbocycles. The van der Waals surface area contributed by atoms with Gasteiger partial charge in [-0.25, -0.2) is 0 Å². The number of hydrogen-bond acceptors (Lipinski definition) is 8. The lowest BCUT2D eigenvalue weighted by atomic mass is 10.0. The van der Waals surface area contributed by atoms with Crippen LogP contribution in [0.15, 0.2) is 182 Å². The van der Waals surface area contributed by atoms with Gasteiger partial charge in [0.25, 0.3) is 7.82 Å². The molecule has 2 unspecified atom stereocenters. The molecule has 0 saturated heterocycles. The molecule has 0 N–H and O–H groups in total. The molecule has 0 fully saturated rings. The number of carbonyl (C=O) groups is 2. The summed E-state index contributed by atoms with van der Waals surface area (Å²) in [7, 11) is 1.15. The van der Waals surface area contributed by atoms with Gasteiger partial charge in [-0.1, -0.05) is 331 Å². The summed E-state index contributed by atoms with van der Waals surface area (Å²) >= 11 is 0. The van der Waals surface area contributed by atoms with E-state index in [1.807, 2.05) is 21.1 Å². The van der Waals surface area contributed by atoms with Crippen molar-refractivity contribution in [2.24, 2.45) is 0 Å². The summed E-state index contributed by atoms with van der Waals surface area (Å²) in [6.07, 6.45) is 114. The summed E-state index contributed by atoms with van der Waals surface area (Å²) in [6.45, 7) is 4.01. The maximum atomic E-state index is 12.9. The van der Waals surface area contributed by atoms with E-state index in [1.54, 1.807) is 0 Å². The second kappa shape index (κ2) is 74.3. The smallest absolute Gasteiger partial charge is 0.306 e. The molecular weight excluding hydrogens is 1210 g/mol. The SMILES string of the molecule is CC/C=C\C/C=C\C/C=C\C/C=C\C/C=C\C/C=C\C/C=C\C/C=C\CCCCCCCCCCCCCCC(=O)OC(COC(=O)CCCCCCCCCCCCCCC/C=C\C/C=C\C/C=C\C/C=C\C/C=C\C/C=C\C/C=C\CC)COP(=O)([O-])OCC[N+](C)(C)C. The van der Waals surface area contributed by atoms with Crippen molar-refractivity contribution in [1.29, 1.82) is 0 Å². The van der Waals surface area contributed by atoms with Crippen LogP contribution in [0.3, 0.4) is 0 Å². The van der Waals surface area contributed by atoms with Gasteiger partial charge in [0, 0.05) is 12.8 Å². The maximum Gasteiger partial charge on any atom is 0.306 e. The monoisotopic (exact) mass is 1350 g/mol. The van der Waals surface area contributed by atoms with Crippen LogP contribution in [0.1, 0.15) is 296 Å². The maximum absolute atomic E-state index is 12.9. The third kappa shape index (κ3) is 78.1. The lowest BCUT2D eigenvalue weighted by molar-refractivity contribution is -0.870. The van der Waals surface area contributed by atoms with Crippen molar-refractivity contribution in [2.75, 3.05) is 47.5 Å². The van der Waals surface area contributed by atoms with Crippen LogP contribution in [0.2, 0.25) is 0 Å². The van der Waals surface area contributed by atoms with Crippen LogP contribution < -0.4 is 4.89 Å². The Morgan fingerprint density at radius 1 is 0.323 bits per heavy atom. The van der Waals surface area contributed by atoms with Crippen LogP contribution in [-0.4, -0.2) is 70.0 Å². The number of nitrogens with zero attached hydrogens (tertiary/aromatic N) is 1. The zero-order valence-electron chi connectivity index (χ0n) is 62.0. The van der Waals surface area contributed by atoms with Crippen LogP contribution in [0.4, 0.5) is 0 Å². The van der Waals surface area contributed by atoms with Crippen LogP contribution >= 0.6 is 7.82 Å². The van der Waals surface area contributed by atoms with E-state index < -0.39 is 26.5 Å². The fourth-order valence-corrected chi connectivity index (χ4v) is 10.9. The summed E-state index contributed by atoms with van der Waals surface area (Å²) in [4.78, 5) is 38.2. The van der Waals surface area contributed by atoms with Crippen LogP contribution in [-0.2, 0) is 32.7 Å². The van der Waals surface area contributed by atoms with E-state index in [0.29, 0.717) is 17.4 Å². The summed E-state index contributed by atoms with van der Waals surface area (Å²) in [5, 5.41) is 0. The first-order valence-electron chi connectivity index (χ1n) is 38.5. The standard InChI is InChI=1S/C86H142NO8P/c1-6-8-10-12-14-16-18-20-22-24-26-28-30-32-34-36-38-40-42-43-45-47-49-51-53-55-57-59-61-63-65-67-69-71-73-75-77-79-86(89)95-84(83-94-96(90,91)93-81-80-87(3,4)5)82-92-85(88)78-76-74-72-70-68-66-64-62-60-58-56-54-52-50-48-46-44-41-39-37-35-33-31-29-27-25-23-21-19-17-15-13-11-9-7-2/h8-11,14-17,20-23,26-29,32-35,38-41,43,45-46,48-49,51,84H,6-7,12-13,18-19,24-25,30-31,36-37,42,44,47,50,52-83H2,1-5H3/b10-8-,11-9-,16-14-,17-15-,22-20-,23-21-,28-26-,29-27-,34-32-,35-33-,40-38-,41-39-,45-43-,48-46-,51-49-.